The summed E-state index contributed by atoms with van der Waals surface area (Å²) in [5, 5.41) is 11.5. The van der Waals surface area contributed by atoms with E-state index in [0.29, 0.717) is 5.41 Å². The molecule has 4 rings (SSSR count). The minimum atomic E-state index is 0.0372. The van der Waals surface area contributed by atoms with E-state index >= 15 is 0 Å². The minimum absolute atomic E-state index is 0.0372. The van der Waals surface area contributed by atoms with E-state index < -0.39 is 0 Å². The first-order valence-electron chi connectivity index (χ1n) is 8.49. The lowest BCUT2D eigenvalue weighted by Gasteiger charge is -2.39. The lowest BCUT2D eigenvalue weighted by molar-refractivity contribution is -0.123. The van der Waals surface area contributed by atoms with E-state index in [-0.39, 0.29) is 23.9 Å². The fourth-order valence-corrected chi connectivity index (χ4v) is 4.83. The van der Waals surface area contributed by atoms with Crippen LogP contribution in [0.15, 0.2) is 24.3 Å². The van der Waals surface area contributed by atoms with Gasteiger partial charge in [-0.1, -0.05) is 38.1 Å². The normalized spacial score (nSPS) is 31.6. The van der Waals surface area contributed by atoms with Gasteiger partial charge in [-0.25, -0.2) is 4.68 Å². The van der Waals surface area contributed by atoms with Crippen LogP contribution in [0, 0.1) is 16.7 Å². The van der Waals surface area contributed by atoms with Gasteiger partial charge in [0.15, 0.2) is 0 Å². The van der Waals surface area contributed by atoms with Gasteiger partial charge in [-0.15, -0.1) is 5.10 Å². The van der Waals surface area contributed by atoms with Crippen molar-refractivity contribution in [1.29, 1.82) is 0 Å². The van der Waals surface area contributed by atoms with E-state index in [2.05, 4.69) is 36.4 Å². The summed E-state index contributed by atoms with van der Waals surface area (Å²) >= 11 is 0. The van der Waals surface area contributed by atoms with Gasteiger partial charge < -0.3 is 5.32 Å². The third kappa shape index (κ3) is 2.02. The molecular formula is C18H24N4O. The number of rotatable bonds is 3. The van der Waals surface area contributed by atoms with Crippen LogP contribution in [0.2, 0.25) is 0 Å². The summed E-state index contributed by atoms with van der Waals surface area (Å²) in [6.07, 6.45) is 3.61. The molecule has 0 radical (unpaired) electrons. The Balaban J connectivity index is 1.49. The van der Waals surface area contributed by atoms with Gasteiger partial charge in [0, 0.05) is 6.04 Å². The summed E-state index contributed by atoms with van der Waals surface area (Å²) in [5.41, 5.74) is 2.25. The second kappa shape index (κ2) is 4.79. The highest BCUT2D eigenvalue weighted by molar-refractivity contribution is 5.80. The van der Waals surface area contributed by atoms with E-state index in [1.807, 2.05) is 24.3 Å². The van der Waals surface area contributed by atoms with Crippen LogP contribution in [0.1, 0.15) is 40.0 Å². The highest BCUT2D eigenvalue weighted by Crippen LogP contribution is 2.65. The van der Waals surface area contributed by atoms with Gasteiger partial charge >= 0.3 is 0 Å². The van der Waals surface area contributed by atoms with E-state index in [1.165, 1.54) is 12.8 Å². The monoisotopic (exact) mass is 312 g/mol. The number of benzene rings is 1. The van der Waals surface area contributed by atoms with Crippen LogP contribution in [-0.4, -0.2) is 26.9 Å². The molecule has 1 N–H and O–H groups in total. The lowest BCUT2D eigenvalue weighted by atomic mass is 9.69. The van der Waals surface area contributed by atoms with Gasteiger partial charge in [0.2, 0.25) is 5.91 Å². The standard InChI is InChI=1S/C18H24N4O/c1-17(2)12-8-9-18(17,3)15(10-12)19-16(23)11-22-14-7-5-4-6-13(14)20-21-22/h4-7,12,15H,8-11H2,1-3H3,(H,19,23). The first kappa shape index (κ1) is 14.7. The molecule has 1 aromatic heterocycles. The lowest BCUT2D eigenvalue weighted by Crippen LogP contribution is -2.47. The second-order valence-electron chi connectivity index (χ2n) is 7.97. The maximum Gasteiger partial charge on any atom is 0.242 e. The molecule has 2 aliphatic rings. The van der Waals surface area contributed by atoms with Crippen LogP contribution in [0.4, 0.5) is 0 Å². The molecular weight excluding hydrogens is 288 g/mol. The van der Waals surface area contributed by atoms with Crippen LogP contribution < -0.4 is 5.32 Å². The number of amides is 1. The largest absolute Gasteiger partial charge is 0.351 e. The maximum atomic E-state index is 12.5. The summed E-state index contributed by atoms with van der Waals surface area (Å²) in [6, 6.07) is 8.01. The Morgan fingerprint density at radius 3 is 2.83 bits per heavy atom. The Kier molecular flexibility index (Phi) is 3.06. The van der Waals surface area contributed by atoms with Crippen molar-refractivity contribution in [3.05, 3.63) is 24.3 Å². The van der Waals surface area contributed by atoms with Crippen LogP contribution >= 0.6 is 0 Å². The minimum Gasteiger partial charge on any atom is -0.351 e. The van der Waals surface area contributed by atoms with E-state index in [9.17, 15) is 4.79 Å². The molecule has 2 aliphatic carbocycles. The van der Waals surface area contributed by atoms with Gasteiger partial charge in [0.1, 0.15) is 12.1 Å². The number of aromatic nitrogens is 3. The first-order valence-corrected chi connectivity index (χ1v) is 8.49. The molecule has 1 aromatic carbocycles. The van der Waals surface area contributed by atoms with Crippen LogP contribution in [-0.2, 0) is 11.3 Å². The SMILES string of the molecule is CC1(C)C2CCC1(C)C(NC(=O)Cn1nnc3ccccc31)C2. The zero-order valence-electron chi connectivity index (χ0n) is 14.0. The highest BCUT2D eigenvalue weighted by Gasteiger charge is 2.61. The molecule has 2 aromatic rings. The molecule has 1 heterocycles. The topological polar surface area (TPSA) is 59.8 Å². The van der Waals surface area contributed by atoms with Gasteiger partial charge in [0.05, 0.1) is 5.52 Å². The predicted molar refractivity (Wildman–Crippen MR) is 88.7 cm³/mol. The van der Waals surface area contributed by atoms with E-state index in [1.54, 1.807) is 4.68 Å². The summed E-state index contributed by atoms with van der Waals surface area (Å²) < 4.78 is 1.69. The number of hydrogen-bond acceptors (Lipinski definition) is 3. The number of hydrogen-bond donors (Lipinski definition) is 1. The molecule has 3 unspecified atom stereocenters. The van der Waals surface area contributed by atoms with E-state index in [0.717, 1.165) is 23.4 Å². The van der Waals surface area contributed by atoms with E-state index in [4.69, 9.17) is 0 Å². The molecule has 3 atom stereocenters. The molecule has 2 fully saturated rings. The van der Waals surface area contributed by atoms with Crippen molar-refractivity contribution in [3.8, 4) is 0 Å². The number of carbonyl (C=O) groups is 1. The molecule has 5 heteroatoms. The first-order chi connectivity index (χ1) is 10.9. The van der Waals surface area contributed by atoms with Crippen molar-refractivity contribution in [2.24, 2.45) is 16.7 Å². The smallest absolute Gasteiger partial charge is 0.242 e. The summed E-state index contributed by atoms with van der Waals surface area (Å²) in [7, 11) is 0. The number of fused-ring (bicyclic) bond motifs is 3. The highest BCUT2D eigenvalue weighted by atomic mass is 16.2. The van der Waals surface area contributed by atoms with Gasteiger partial charge in [-0.2, -0.15) is 0 Å². The Morgan fingerprint density at radius 2 is 2.13 bits per heavy atom. The average molecular weight is 312 g/mol. The van der Waals surface area contributed by atoms with Crippen LogP contribution in [0.25, 0.3) is 11.0 Å². The van der Waals surface area contributed by atoms with Crippen molar-refractivity contribution >= 4 is 16.9 Å². The molecule has 23 heavy (non-hydrogen) atoms. The molecule has 0 aliphatic heterocycles. The number of nitrogens with one attached hydrogen (secondary N) is 1. The Hall–Kier alpha value is -1.91. The van der Waals surface area contributed by atoms with Crippen molar-refractivity contribution in [1.82, 2.24) is 20.3 Å². The molecule has 0 spiro atoms. The Bertz CT molecular complexity index is 765. The summed E-state index contributed by atoms with van der Waals surface area (Å²) in [6.45, 7) is 7.30. The van der Waals surface area contributed by atoms with Crippen molar-refractivity contribution in [3.63, 3.8) is 0 Å². The van der Waals surface area contributed by atoms with Gasteiger partial charge in [0.25, 0.3) is 0 Å². The van der Waals surface area contributed by atoms with Crippen LogP contribution in [0.5, 0.6) is 0 Å². The molecule has 2 saturated carbocycles. The Labute approximate surface area is 136 Å². The quantitative estimate of drug-likeness (QED) is 0.948. The summed E-state index contributed by atoms with van der Waals surface area (Å²) in [5.74, 6) is 0.764. The number of carbonyl (C=O) groups excluding carboxylic acids is 1. The zero-order valence-corrected chi connectivity index (χ0v) is 14.0. The molecule has 1 amide bonds. The van der Waals surface area contributed by atoms with Crippen molar-refractivity contribution < 1.29 is 4.79 Å². The number of para-hydroxylation sites is 1. The van der Waals surface area contributed by atoms with Gasteiger partial charge in [-0.3, -0.25) is 4.79 Å². The fraction of sp³-hybridized carbons (Fsp3) is 0.611. The zero-order chi connectivity index (χ0) is 16.2. The molecule has 0 saturated heterocycles. The van der Waals surface area contributed by atoms with Gasteiger partial charge in [-0.05, 0) is 48.1 Å². The Morgan fingerprint density at radius 1 is 1.35 bits per heavy atom. The van der Waals surface area contributed by atoms with Crippen LogP contribution in [0.3, 0.4) is 0 Å². The number of nitrogens with zero attached hydrogens (tertiary/aromatic N) is 3. The third-order valence-corrected chi connectivity index (χ3v) is 6.84. The summed E-state index contributed by atoms with van der Waals surface area (Å²) in [4.78, 5) is 12.5. The molecule has 2 bridgehead atoms. The third-order valence-electron chi connectivity index (χ3n) is 6.84. The van der Waals surface area contributed by atoms with Crippen molar-refractivity contribution in [2.45, 2.75) is 52.6 Å². The fourth-order valence-electron chi connectivity index (χ4n) is 4.83. The maximum absolute atomic E-state index is 12.5. The van der Waals surface area contributed by atoms with Crippen molar-refractivity contribution in [2.75, 3.05) is 0 Å². The predicted octanol–water partition coefficient (Wildman–Crippen LogP) is 2.76. The molecule has 122 valence electrons. The molecule has 5 nitrogen and oxygen atoms in total. The average Bonchev–Trinajstić information content (AvgIpc) is 3.07. The second-order valence-corrected chi connectivity index (χ2v) is 7.97.